The Morgan fingerprint density at radius 1 is 1.20 bits per heavy atom. The number of hydrogen-bond acceptors (Lipinski definition) is 4. The van der Waals surface area contributed by atoms with Gasteiger partial charge in [0.2, 0.25) is 0 Å². The van der Waals surface area contributed by atoms with Gasteiger partial charge in [0, 0.05) is 23.2 Å². The first kappa shape index (κ1) is 17.6. The number of benzene rings is 1. The van der Waals surface area contributed by atoms with Crippen LogP contribution in [0.1, 0.15) is 11.3 Å². The van der Waals surface area contributed by atoms with E-state index in [9.17, 15) is 13.2 Å². The number of aromatic nitrogens is 3. The van der Waals surface area contributed by atoms with Gasteiger partial charge < -0.3 is 9.72 Å². The number of imidazole rings is 1. The van der Waals surface area contributed by atoms with Gasteiger partial charge in [0.1, 0.15) is 5.75 Å². The molecule has 132 valence electrons. The summed E-state index contributed by atoms with van der Waals surface area (Å²) in [5.74, 6) is 0.923. The van der Waals surface area contributed by atoms with Gasteiger partial charge in [-0.1, -0.05) is 23.9 Å². The van der Waals surface area contributed by atoms with Gasteiger partial charge in [-0.25, -0.2) is 4.98 Å². The van der Waals surface area contributed by atoms with Crippen LogP contribution in [0.15, 0.2) is 41.7 Å². The van der Waals surface area contributed by atoms with E-state index in [1.54, 1.807) is 18.7 Å². The molecule has 0 saturated carbocycles. The normalized spacial score (nSPS) is 11.8. The number of hydrogen-bond donors (Lipinski definition) is 1. The molecular weight excluding hydrogens is 351 g/mol. The second-order valence-electron chi connectivity index (χ2n) is 5.44. The number of ether oxygens (including phenoxy) is 1. The summed E-state index contributed by atoms with van der Waals surface area (Å²) in [5.41, 5.74) is 3.24. The average molecular weight is 367 g/mol. The van der Waals surface area contributed by atoms with Crippen LogP contribution in [0, 0.1) is 6.92 Å². The molecular formula is C17H16F3N3OS. The number of pyridine rings is 1. The Kier molecular flexibility index (Phi) is 5.17. The molecule has 0 atom stereocenters. The van der Waals surface area contributed by atoms with Gasteiger partial charge in [-0.2, -0.15) is 13.2 Å². The fourth-order valence-corrected chi connectivity index (χ4v) is 3.20. The van der Waals surface area contributed by atoms with Crippen molar-refractivity contribution in [2.45, 2.75) is 24.7 Å². The van der Waals surface area contributed by atoms with Crippen LogP contribution < -0.4 is 4.74 Å². The molecule has 0 aliphatic carbocycles. The highest BCUT2D eigenvalue weighted by atomic mass is 32.2. The minimum Gasteiger partial charge on any atom is -0.484 e. The van der Waals surface area contributed by atoms with Crippen LogP contribution in [0.3, 0.4) is 0 Å². The average Bonchev–Trinajstić information content (AvgIpc) is 2.97. The second-order valence-corrected chi connectivity index (χ2v) is 6.53. The quantitative estimate of drug-likeness (QED) is 0.650. The van der Waals surface area contributed by atoms with Crippen molar-refractivity contribution in [3.63, 3.8) is 0 Å². The third kappa shape index (κ3) is 4.66. The molecule has 2 aromatic heterocycles. The number of nitrogens with zero attached hydrogens (tertiary/aromatic N) is 2. The Bertz CT molecular complexity index is 831. The molecule has 2 heterocycles. The zero-order valence-corrected chi connectivity index (χ0v) is 14.2. The second kappa shape index (κ2) is 7.35. The smallest absolute Gasteiger partial charge is 0.422 e. The van der Waals surface area contributed by atoms with Crippen LogP contribution in [0.4, 0.5) is 13.2 Å². The summed E-state index contributed by atoms with van der Waals surface area (Å²) in [6.45, 7) is 0.422. The summed E-state index contributed by atoms with van der Waals surface area (Å²) >= 11 is 1.55. The Balaban J connectivity index is 1.61. The van der Waals surface area contributed by atoms with Crippen LogP contribution >= 0.6 is 11.8 Å². The van der Waals surface area contributed by atoms with E-state index in [-0.39, 0.29) is 5.75 Å². The largest absolute Gasteiger partial charge is 0.484 e. The van der Waals surface area contributed by atoms with E-state index in [1.807, 2.05) is 24.3 Å². The Hall–Kier alpha value is -2.22. The minimum absolute atomic E-state index is 0.219. The Morgan fingerprint density at radius 2 is 2.00 bits per heavy atom. The van der Waals surface area contributed by atoms with E-state index >= 15 is 0 Å². The van der Waals surface area contributed by atoms with E-state index in [4.69, 9.17) is 4.74 Å². The van der Waals surface area contributed by atoms with Crippen LogP contribution in [0.25, 0.3) is 11.0 Å². The van der Waals surface area contributed by atoms with Gasteiger partial charge in [-0.05, 0) is 31.5 Å². The molecule has 3 aromatic rings. The summed E-state index contributed by atoms with van der Waals surface area (Å²) in [5, 5.41) is 0.809. The van der Waals surface area contributed by atoms with Crippen molar-refractivity contribution in [2.24, 2.45) is 0 Å². The van der Waals surface area contributed by atoms with Gasteiger partial charge in [0.05, 0.1) is 11.0 Å². The van der Waals surface area contributed by atoms with E-state index in [0.29, 0.717) is 17.7 Å². The molecule has 0 spiro atoms. The van der Waals surface area contributed by atoms with Crippen molar-refractivity contribution in [3.05, 3.63) is 47.8 Å². The van der Waals surface area contributed by atoms with Crippen molar-refractivity contribution in [1.82, 2.24) is 15.0 Å². The van der Waals surface area contributed by atoms with Crippen LogP contribution in [-0.4, -0.2) is 33.5 Å². The Morgan fingerprint density at radius 3 is 2.76 bits per heavy atom. The SMILES string of the molecule is Cc1c(OCC(F)(F)F)ccnc1CCSc1nc2ccccc2[nH]1. The molecule has 1 N–H and O–H groups in total. The predicted molar refractivity (Wildman–Crippen MR) is 91.0 cm³/mol. The lowest BCUT2D eigenvalue weighted by Gasteiger charge is -2.13. The number of alkyl halides is 3. The van der Waals surface area contributed by atoms with E-state index in [0.717, 1.165) is 21.9 Å². The van der Waals surface area contributed by atoms with Gasteiger partial charge in [-0.3, -0.25) is 4.98 Å². The van der Waals surface area contributed by atoms with Crippen LogP contribution in [0.5, 0.6) is 5.75 Å². The first-order valence-electron chi connectivity index (χ1n) is 7.64. The number of halogens is 3. The first-order valence-corrected chi connectivity index (χ1v) is 8.62. The molecule has 0 radical (unpaired) electrons. The zero-order valence-electron chi connectivity index (χ0n) is 13.4. The number of fused-ring (bicyclic) bond motifs is 1. The molecule has 0 saturated heterocycles. The molecule has 3 rings (SSSR count). The molecule has 0 amide bonds. The first-order chi connectivity index (χ1) is 11.9. The van der Waals surface area contributed by atoms with Gasteiger partial charge >= 0.3 is 6.18 Å². The molecule has 0 fully saturated rings. The topological polar surface area (TPSA) is 50.8 Å². The number of rotatable bonds is 6. The summed E-state index contributed by atoms with van der Waals surface area (Å²) in [6, 6.07) is 9.21. The standard InChI is InChI=1S/C17H16F3N3OS/c1-11-12(21-8-6-15(11)24-10-17(18,19)20)7-9-25-16-22-13-4-2-3-5-14(13)23-16/h2-6,8H,7,9-10H2,1H3,(H,22,23). The predicted octanol–water partition coefficient (Wildman–Crippen LogP) is 4.54. The van der Waals surface area contributed by atoms with Crippen molar-refractivity contribution in [1.29, 1.82) is 0 Å². The van der Waals surface area contributed by atoms with E-state index < -0.39 is 12.8 Å². The molecule has 0 bridgehead atoms. The highest BCUT2D eigenvalue weighted by Gasteiger charge is 2.28. The van der Waals surface area contributed by atoms with Crippen molar-refractivity contribution in [2.75, 3.05) is 12.4 Å². The van der Waals surface area contributed by atoms with Crippen LogP contribution in [-0.2, 0) is 6.42 Å². The lowest BCUT2D eigenvalue weighted by Crippen LogP contribution is -2.19. The number of aromatic amines is 1. The monoisotopic (exact) mass is 367 g/mol. The van der Waals surface area contributed by atoms with Crippen LogP contribution in [0.2, 0.25) is 0 Å². The Labute approximate surface area is 146 Å². The molecule has 1 aromatic carbocycles. The van der Waals surface area contributed by atoms with E-state index in [1.165, 1.54) is 12.3 Å². The minimum atomic E-state index is -4.35. The number of H-pyrrole nitrogens is 1. The number of aryl methyl sites for hydroxylation is 1. The number of nitrogens with one attached hydrogen (secondary N) is 1. The maximum atomic E-state index is 12.3. The van der Waals surface area contributed by atoms with Crippen molar-refractivity contribution >= 4 is 22.8 Å². The molecule has 25 heavy (non-hydrogen) atoms. The highest BCUT2D eigenvalue weighted by Crippen LogP contribution is 2.25. The molecule has 8 heteroatoms. The molecule has 0 aliphatic heterocycles. The summed E-state index contributed by atoms with van der Waals surface area (Å²) in [7, 11) is 0. The maximum absolute atomic E-state index is 12.3. The summed E-state index contributed by atoms with van der Waals surface area (Å²) in [4.78, 5) is 12.0. The lowest BCUT2D eigenvalue weighted by molar-refractivity contribution is -0.153. The molecule has 4 nitrogen and oxygen atoms in total. The maximum Gasteiger partial charge on any atom is 0.422 e. The fraction of sp³-hybridized carbons (Fsp3) is 0.294. The summed E-state index contributed by atoms with van der Waals surface area (Å²) < 4.78 is 41.7. The number of para-hydroxylation sites is 2. The lowest BCUT2D eigenvalue weighted by atomic mass is 10.1. The van der Waals surface area contributed by atoms with Crippen molar-refractivity contribution < 1.29 is 17.9 Å². The highest BCUT2D eigenvalue weighted by molar-refractivity contribution is 7.99. The zero-order chi connectivity index (χ0) is 17.9. The molecule has 0 unspecified atom stereocenters. The number of thioether (sulfide) groups is 1. The fourth-order valence-electron chi connectivity index (χ4n) is 2.37. The third-order valence-electron chi connectivity index (χ3n) is 3.60. The summed E-state index contributed by atoms with van der Waals surface area (Å²) in [6.07, 6.45) is -2.27. The van der Waals surface area contributed by atoms with Gasteiger partial charge in [0.15, 0.2) is 11.8 Å². The van der Waals surface area contributed by atoms with Gasteiger partial charge in [0.25, 0.3) is 0 Å². The third-order valence-corrected chi connectivity index (χ3v) is 4.47. The van der Waals surface area contributed by atoms with Crippen molar-refractivity contribution in [3.8, 4) is 5.75 Å². The van der Waals surface area contributed by atoms with Gasteiger partial charge in [-0.15, -0.1) is 0 Å². The molecule has 0 aliphatic rings. The van der Waals surface area contributed by atoms with E-state index in [2.05, 4.69) is 15.0 Å².